The highest BCUT2D eigenvalue weighted by Gasteiger charge is 2.19. The van der Waals surface area contributed by atoms with E-state index in [9.17, 15) is 0 Å². The number of hydrogen-bond donors (Lipinski definition) is 0. The van der Waals surface area contributed by atoms with Crippen molar-refractivity contribution >= 4 is 32.8 Å². The number of hydrogen-bond acceptors (Lipinski definition) is 6. The Bertz CT molecular complexity index is 1920. The molecule has 0 amide bonds. The fraction of sp³-hybridized carbons (Fsp3) is 0.471. The van der Waals surface area contributed by atoms with E-state index in [-0.39, 0.29) is 7.43 Å². The molecule has 0 bridgehead atoms. The number of nitrogens with zero attached hydrogens (tertiary/aromatic N) is 9. The van der Waals surface area contributed by atoms with Gasteiger partial charge in [-0.05, 0) is 144 Å². The van der Waals surface area contributed by atoms with E-state index in [1.807, 2.05) is 35.0 Å². The summed E-state index contributed by atoms with van der Waals surface area (Å²) in [6.45, 7) is 25.6. The van der Waals surface area contributed by atoms with Crippen LogP contribution in [0.2, 0.25) is 0 Å². The molecule has 230 valence electrons. The van der Waals surface area contributed by atoms with E-state index in [0.717, 1.165) is 33.5 Å². The van der Waals surface area contributed by atoms with Crippen LogP contribution in [0.25, 0.3) is 32.8 Å². The lowest BCUT2D eigenvalue weighted by molar-refractivity contribution is 0.646. The molecule has 9 nitrogen and oxygen atoms in total. The largest absolute Gasteiger partial charge is 0.188 e. The molecule has 0 aliphatic heterocycles. The second kappa shape index (κ2) is 12.2. The summed E-state index contributed by atoms with van der Waals surface area (Å²) in [7, 11) is 5.58. The minimum absolute atomic E-state index is 0. The number of benzene rings is 3. The summed E-state index contributed by atoms with van der Waals surface area (Å²) in [4.78, 5) is 4.90. The molecule has 0 spiro atoms. The molecule has 0 saturated heterocycles. The maximum absolute atomic E-state index is 4.62. The standard InChI is InChI=1S/C17H21N3.C11H15N3.C5H9N3.CH4/c1-8-9(2)11(4)15-14(10(8)3)12(5)13(6)16-17(15)19-20(7)18-16;1-6-7(2)9(4)11-10(8(6)3)12-14(5)13-11;1-4-5(2)7-8(3)6-4;/h1-7H3;1-5H3;1-3H3;1H4. The Hall–Kier alpha value is -4.14. The van der Waals surface area contributed by atoms with E-state index in [0.29, 0.717) is 0 Å². The Labute approximate surface area is 256 Å². The third-order valence-corrected chi connectivity index (χ3v) is 9.16. The van der Waals surface area contributed by atoms with Crippen molar-refractivity contribution in [1.82, 2.24) is 45.0 Å². The summed E-state index contributed by atoms with van der Waals surface area (Å²) in [5, 5.41) is 28.6. The summed E-state index contributed by atoms with van der Waals surface area (Å²) in [5.41, 5.74) is 19.3. The van der Waals surface area contributed by atoms with Gasteiger partial charge in [-0.2, -0.15) is 45.0 Å². The van der Waals surface area contributed by atoms with Crippen LogP contribution in [0.5, 0.6) is 0 Å². The first-order chi connectivity index (χ1) is 19.6. The molecule has 0 atom stereocenters. The van der Waals surface area contributed by atoms with Crippen molar-refractivity contribution in [3.05, 3.63) is 67.0 Å². The van der Waals surface area contributed by atoms with Crippen LogP contribution >= 0.6 is 0 Å². The van der Waals surface area contributed by atoms with Crippen LogP contribution < -0.4 is 0 Å². The topological polar surface area (TPSA) is 92.1 Å². The van der Waals surface area contributed by atoms with Crippen LogP contribution in [0.4, 0.5) is 0 Å². The maximum atomic E-state index is 4.62. The fourth-order valence-electron chi connectivity index (χ4n) is 5.70. The zero-order valence-electron chi connectivity index (χ0n) is 28.0. The molecule has 3 aromatic carbocycles. The van der Waals surface area contributed by atoms with Gasteiger partial charge in [0, 0.05) is 26.5 Å². The molecule has 3 heterocycles. The molecule has 0 radical (unpaired) electrons. The van der Waals surface area contributed by atoms with Crippen LogP contribution in [-0.4, -0.2) is 45.0 Å². The predicted octanol–water partition coefficient (Wildman–Crippen LogP) is 7.24. The fourth-order valence-corrected chi connectivity index (χ4v) is 5.70. The van der Waals surface area contributed by atoms with Gasteiger partial charge in [0.05, 0.1) is 11.4 Å². The van der Waals surface area contributed by atoms with Gasteiger partial charge in [-0.25, -0.2) is 0 Å². The lowest BCUT2D eigenvalue weighted by Crippen LogP contribution is -1.98. The molecule has 0 saturated carbocycles. The van der Waals surface area contributed by atoms with Crippen molar-refractivity contribution in [2.45, 2.75) is 90.5 Å². The number of rotatable bonds is 0. The second-order valence-electron chi connectivity index (χ2n) is 11.6. The summed E-state index contributed by atoms with van der Waals surface area (Å²) in [6, 6.07) is 0. The van der Waals surface area contributed by atoms with E-state index in [2.05, 4.69) is 99.8 Å². The smallest absolute Gasteiger partial charge is 0.121 e. The summed E-state index contributed by atoms with van der Waals surface area (Å²) in [5.74, 6) is 0. The molecule has 0 aliphatic carbocycles. The van der Waals surface area contributed by atoms with E-state index in [4.69, 9.17) is 0 Å². The van der Waals surface area contributed by atoms with Gasteiger partial charge in [0.1, 0.15) is 22.1 Å². The van der Waals surface area contributed by atoms with Gasteiger partial charge in [-0.1, -0.05) is 7.43 Å². The quantitative estimate of drug-likeness (QED) is 0.187. The van der Waals surface area contributed by atoms with Crippen molar-refractivity contribution in [1.29, 1.82) is 0 Å². The molecule has 0 aliphatic rings. The minimum atomic E-state index is 0. The molecule has 6 aromatic rings. The summed E-state index contributed by atoms with van der Waals surface area (Å²) < 4.78 is 0. The highest BCUT2D eigenvalue weighted by Crippen LogP contribution is 2.37. The number of fused-ring (bicyclic) bond motifs is 4. The normalized spacial score (nSPS) is 11.0. The molecule has 0 fully saturated rings. The monoisotopic (exact) mass is 583 g/mol. The highest BCUT2D eigenvalue weighted by atomic mass is 15.5. The number of aryl methyl sites for hydroxylation is 11. The van der Waals surface area contributed by atoms with Gasteiger partial charge in [0.2, 0.25) is 0 Å². The second-order valence-corrected chi connectivity index (χ2v) is 11.6. The van der Waals surface area contributed by atoms with Crippen molar-refractivity contribution < 1.29 is 0 Å². The Kier molecular flexibility index (Phi) is 9.49. The molecule has 43 heavy (non-hydrogen) atoms. The van der Waals surface area contributed by atoms with Gasteiger partial charge in [-0.3, -0.25) is 0 Å². The molecule has 0 unspecified atom stereocenters. The summed E-state index contributed by atoms with van der Waals surface area (Å²) >= 11 is 0. The van der Waals surface area contributed by atoms with Crippen molar-refractivity contribution in [3.8, 4) is 0 Å². The third-order valence-electron chi connectivity index (χ3n) is 9.16. The first-order valence-electron chi connectivity index (χ1n) is 14.4. The Balaban J connectivity index is 0.000000192. The molecular weight excluding hydrogens is 534 g/mol. The van der Waals surface area contributed by atoms with Crippen LogP contribution in [-0.2, 0) is 21.1 Å². The lowest BCUT2D eigenvalue weighted by Gasteiger charge is -2.17. The average molecular weight is 584 g/mol. The first kappa shape index (κ1) is 33.4. The zero-order chi connectivity index (χ0) is 31.4. The minimum Gasteiger partial charge on any atom is -0.188 e. The van der Waals surface area contributed by atoms with Crippen molar-refractivity contribution in [2.24, 2.45) is 21.1 Å². The van der Waals surface area contributed by atoms with Crippen LogP contribution in [0, 0.1) is 83.1 Å². The highest BCUT2D eigenvalue weighted by molar-refractivity contribution is 6.10. The van der Waals surface area contributed by atoms with E-state index >= 15 is 0 Å². The maximum Gasteiger partial charge on any atom is 0.121 e. The van der Waals surface area contributed by atoms with E-state index in [1.54, 1.807) is 14.4 Å². The number of aromatic nitrogens is 9. The van der Waals surface area contributed by atoms with Gasteiger partial charge in [0.15, 0.2) is 0 Å². The SMILES string of the molecule is C.Cc1c(C)c(C)c2c(c1C)c(C)c(C)c1nn(C)nc12.Cc1c(C)c(C)c2nn(C)nc2c1C.Cc1nn(C)nc1C. The Morgan fingerprint density at radius 2 is 0.558 bits per heavy atom. The van der Waals surface area contributed by atoms with E-state index in [1.165, 1.54) is 66.4 Å². The molecule has 6 rings (SSSR count). The first-order valence-corrected chi connectivity index (χ1v) is 14.4. The van der Waals surface area contributed by atoms with Crippen molar-refractivity contribution in [3.63, 3.8) is 0 Å². The Morgan fingerprint density at radius 1 is 0.302 bits per heavy atom. The molecule has 0 N–H and O–H groups in total. The Morgan fingerprint density at radius 3 is 0.930 bits per heavy atom. The van der Waals surface area contributed by atoms with Gasteiger partial charge in [0.25, 0.3) is 0 Å². The van der Waals surface area contributed by atoms with Gasteiger partial charge < -0.3 is 0 Å². The summed E-state index contributed by atoms with van der Waals surface area (Å²) in [6.07, 6.45) is 0. The third kappa shape index (κ3) is 5.77. The average Bonchev–Trinajstić information content (AvgIpc) is 3.61. The van der Waals surface area contributed by atoms with Crippen LogP contribution in [0.15, 0.2) is 0 Å². The lowest BCUT2D eigenvalue weighted by atomic mass is 9.87. The molecule has 9 heteroatoms. The zero-order valence-corrected chi connectivity index (χ0v) is 28.0. The molecular formula is C34H49N9. The van der Waals surface area contributed by atoms with Crippen LogP contribution in [0.1, 0.15) is 74.4 Å². The van der Waals surface area contributed by atoms with Crippen LogP contribution in [0.3, 0.4) is 0 Å². The van der Waals surface area contributed by atoms with E-state index < -0.39 is 0 Å². The van der Waals surface area contributed by atoms with Gasteiger partial charge >= 0.3 is 0 Å². The van der Waals surface area contributed by atoms with Crippen molar-refractivity contribution in [2.75, 3.05) is 0 Å². The predicted molar refractivity (Wildman–Crippen MR) is 179 cm³/mol. The van der Waals surface area contributed by atoms with Gasteiger partial charge in [-0.15, -0.1) is 0 Å². The molecule has 3 aromatic heterocycles.